The first-order valence-corrected chi connectivity index (χ1v) is 8.74. The number of hydrogen-bond donors (Lipinski definition) is 0. The van der Waals surface area contributed by atoms with Gasteiger partial charge in [-0.25, -0.2) is 4.79 Å². The minimum Gasteiger partial charge on any atom is -0.455 e. The van der Waals surface area contributed by atoms with Crippen molar-refractivity contribution in [3.8, 4) is 0 Å². The van der Waals surface area contributed by atoms with Crippen molar-refractivity contribution in [1.29, 1.82) is 0 Å². The molecule has 1 aromatic rings. The molecule has 0 unspecified atom stereocenters. The van der Waals surface area contributed by atoms with Gasteiger partial charge in [0, 0.05) is 5.75 Å². The average molecular weight is 310 g/mol. The van der Waals surface area contributed by atoms with E-state index in [9.17, 15) is 4.79 Å². The molecule has 0 aromatic heterocycles. The highest BCUT2D eigenvalue weighted by Gasteiger charge is 2.17. The van der Waals surface area contributed by atoms with Gasteiger partial charge in [0.1, 0.15) is 6.10 Å². The van der Waals surface area contributed by atoms with Crippen LogP contribution in [0, 0.1) is 0 Å². The number of thioether (sulfide) groups is 1. The molecule has 21 heavy (non-hydrogen) atoms. The Labute approximate surface area is 132 Å². The molecule has 1 atom stereocenters. The van der Waals surface area contributed by atoms with Gasteiger partial charge in [0.25, 0.3) is 0 Å². The van der Waals surface area contributed by atoms with Gasteiger partial charge in [-0.05, 0) is 38.2 Å². The van der Waals surface area contributed by atoms with Gasteiger partial charge in [-0.3, -0.25) is 0 Å². The topological polar surface area (TPSA) is 35.5 Å². The summed E-state index contributed by atoms with van der Waals surface area (Å²) in [6.07, 6.45) is 2.32. The van der Waals surface area contributed by atoms with Gasteiger partial charge < -0.3 is 9.47 Å². The Morgan fingerprint density at radius 2 is 1.95 bits per heavy atom. The van der Waals surface area contributed by atoms with Crippen LogP contribution in [0.1, 0.15) is 44.0 Å². The van der Waals surface area contributed by atoms with Gasteiger partial charge >= 0.3 is 5.97 Å². The zero-order valence-electron chi connectivity index (χ0n) is 13.2. The quantitative estimate of drug-likeness (QED) is 0.480. The van der Waals surface area contributed by atoms with Crippen molar-refractivity contribution in [3.63, 3.8) is 0 Å². The Morgan fingerprint density at radius 1 is 1.24 bits per heavy atom. The maximum absolute atomic E-state index is 12.1. The minimum atomic E-state index is -0.274. The third-order valence-corrected chi connectivity index (χ3v) is 4.03. The number of unbranched alkanes of at least 4 members (excludes halogenated alkanes) is 1. The monoisotopic (exact) mass is 310 g/mol. The van der Waals surface area contributed by atoms with Crippen molar-refractivity contribution in [2.24, 2.45) is 0 Å². The van der Waals surface area contributed by atoms with E-state index in [1.165, 1.54) is 12.8 Å². The van der Waals surface area contributed by atoms with Crippen LogP contribution < -0.4 is 0 Å². The lowest BCUT2D eigenvalue weighted by Gasteiger charge is -2.19. The molecular formula is C17H26O3S. The largest absolute Gasteiger partial charge is 0.455 e. The van der Waals surface area contributed by atoms with Gasteiger partial charge in [-0.2, -0.15) is 11.8 Å². The summed E-state index contributed by atoms with van der Waals surface area (Å²) in [5.74, 6) is 1.60. The van der Waals surface area contributed by atoms with Crippen LogP contribution in [-0.4, -0.2) is 36.3 Å². The van der Waals surface area contributed by atoms with E-state index in [0.717, 1.165) is 11.5 Å². The fraction of sp³-hybridized carbons (Fsp3) is 0.588. The van der Waals surface area contributed by atoms with Crippen LogP contribution in [0.2, 0.25) is 0 Å². The molecule has 1 rings (SSSR count). The molecule has 0 heterocycles. The summed E-state index contributed by atoms with van der Waals surface area (Å²) in [5, 5.41) is 0. The van der Waals surface area contributed by atoms with Gasteiger partial charge in [0.2, 0.25) is 0 Å². The first kappa shape index (κ1) is 18.1. The molecule has 0 spiro atoms. The molecule has 1 aromatic carbocycles. The van der Waals surface area contributed by atoms with Crippen LogP contribution in [0.5, 0.6) is 0 Å². The summed E-state index contributed by atoms with van der Waals surface area (Å²) in [4.78, 5) is 12.1. The molecule has 118 valence electrons. The summed E-state index contributed by atoms with van der Waals surface area (Å²) in [6.45, 7) is 6.60. The van der Waals surface area contributed by atoms with Crippen LogP contribution in [-0.2, 0) is 9.47 Å². The Morgan fingerprint density at radius 3 is 2.57 bits per heavy atom. The van der Waals surface area contributed by atoms with Gasteiger partial charge in [0.05, 0.1) is 18.3 Å². The number of benzene rings is 1. The summed E-state index contributed by atoms with van der Waals surface area (Å²) in [6, 6.07) is 9.11. The van der Waals surface area contributed by atoms with Crippen LogP contribution in [0.15, 0.2) is 30.3 Å². The predicted octanol–water partition coefficient (Wildman–Crippen LogP) is 4.17. The number of rotatable bonds is 10. The highest BCUT2D eigenvalue weighted by Crippen LogP contribution is 2.12. The highest BCUT2D eigenvalue weighted by atomic mass is 32.2. The third-order valence-electron chi connectivity index (χ3n) is 2.84. The van der Waals surface area contributed by atoms with Crippen molar-refractivity contribution in [2.45, 2.75) is 45.8 Å². The smallest absolute Gasteiger partial charge is 0.338 e. The molecular weight excluding hydrogens is 284 g/mol. The standard InChI is InChI=1S/C17H26O3S/c1-4-5-11-21-13-16(12-19-14(2)3)20-17(18)15-9-7-6-8-10-15/h6-10,14,16H,4-5,11-13H2,1-3H3/t16-/m0/s1. The molecule has 0 fully saturated rings. The van der Waals surface area contributed by atoms with E-state index < -0.39 is 0 Å². The predicted molar refractivity (Wildman–Crippen MR) is 89.0 cm³/mol. The zero-order chi connectivity index (χ0) is 15.5. The Balaban J connectivity index is 2.48. The lowest BCUT2D eigenvalue weighted by Crippen LogP contribution is -2.27. The van der Waals surface area contributed by atoms with Crippen molar-refractivity contribution >= 4 is 17.7 Å². The van der Waals surface area contributed by atoms with E-state index >= 15 is 0 Å². The van der Waals surface area contributed by atoms with Crippen molar-refractivity contribution < 1.29 is 14.3 Å². The van der Waals surface area contributed by atoms with Crippen molar-refractivity contribution in [1.82, 2.24) is 0 Å². The Hall–Kier alpha value is -1.00. The van der Waals surface area contributed by atoms with Gasteiger partial charge in [0.15, 0.2) is 0 Å². The molecule has 0 aliphatic heterocycles. The van der Waals surface area contributed by atoms with E-state index in [-0.39, 0.29) is 18.2 Å². The third kappa shape index (κ3) is 8.12. The summed E-state index contributed by atoms with van der Waals surface area (Å²) in [5.41, 5.74) is 0.589. The maximum Gasteiger partial charge on any atom is 0.338 e. The summed E-state index contributed by atoms with van der Waals surface area (Å²) >= 11 is 1.82. The summed E-state index contributed by atoms with van der Waals surface area (Å²) in [7, 11) is 0. The molecule has 0 saturated heterocycles. The SMILES string of the molecule is CCCCSC[C@H](COC(C)C)OC(=O)c1ccccc1. The lowest BCUT2D eigenvalue weighted by atomic mass is 10.2. The second kappa shape index (κ2) is 10.7. The Kier molecular flexibility index (Phi) is 9.19. The molecule has 3 nitrogen and oxygen atoms in total. The molecule has 0 aliphatic carbocycles. The molecule has 0 bridgehead atoms. The number of esters is 1. The molecule has 0 saturated carbocycles. The van der Waals surface area contributed by atoms with Gasteiger partial charge in [-0.1, -0.05) is 31.5 Å². The summed E-state index contributed by atoms with van der Waals surface area (Å²) < 4.78 is 11.2. The minimum absolute atomic E-state index is 0.142. The normalized spacial score (nSPS) is 12.4. The molecule has 0 radical (unpaired) electrons. The molecule has 0 N–H and O–H groups in total. The first-order chi connectivity index (χ1) is 10.1. The number of ether oxygens (including phenoxy) is 2. The number of hydrogen-bond acceptors (Lipinski definition) is 4. The fourth-order valence-electron chi connectivity index (χ4n) is 1.67. The van der Waals surface area contributed by atoms with Gasteiger partial charge in [-0.15, -0.1) is 0 Å². The van der Waals surface area contributed by atoms with Crippen LogP contribution in [0.25, 0.3) is 0 Å². The van der Waals surface area contributed by atoms with Crippen molar-refractivity contribution in [2.75, 3.05) is 18.1 Å². The highest BCUT2D eigenvalue weighted by molar-refractivity contribution is 7.99. The fourth-order valence-corrected chi connectivity index (χ4v) is 2.76. The lowest BCUT2D eigenvalue weighted by molar-refractivity contribution is -0.0119. The molecule has 4 heteroatoms. The van der Waals surface area contributed by atoms with Crippen LogP contribution in [0.3, 0.4) is 0 Å². The second-order valence-electron chi connectivity index (χ2n) is 5.20. The number of carbonyl (C=O) groups excluding carboxylic acids is 1. The van der Waals surface area contributed by atoms with Crippen LogP contribution in [0.4, 0.5) is 0 Å². The van der Waals surface area contributed by atoms with E-state index in [0.29, 0.717) is 12.2 Å². The molecule has 0 amide bonds. The van der Waals surface area contributed by atoms with E-state index in [1.807, 2.05) is 43.8 Å². The van der Waals surface area contributed by atoms with Crippen LogP contribution >= 0.6 is 11.8 Å². The van der Waals surface area contributed by atoms with E-state index in [2.05, 4.69) is 6.92 Å². The maximum atomic E-state index is 12.1. The Bertz CT molecular complexity index is 392. The number of carbonyl (C=O) groups is 1. The average Bonchev–Trinajstić information content (AvgIpc) is 2.49. The first-order valence-electron chi connectivity index (χ1n) is 7.58. The van der Waals surface area contributed by atoms with E-state index in [1.54, 1.807) is 12.1 Å². The van der Waals surface area contributed by atoms with E-state index in [4.69, 9.17) is 9.47 Å². The second-order valence-corrected chi connectivity index (χ2v) is 6.35. The van der Waals surface area contributed by atoms with Crippen molar-refractivity contribution in [3.05, 3.63) is 35.9 Å². The molecule has 0 aliphatic rings. The zero-order valence-corrected chi connectivity index (χ0v) is 14.0.